The summed E-state index contributed by atoms with van der Waals surface area (Å²) < 4.78 is 0. The fourth-order valence-electron chi connectivity index (χ4n) is 2.80. The number of nitrogens with two attached hydrogens (primary N) is 1. The zero-order chi connectivity index (χ0) is 15.6. The quantitative estimate of drug-likeness (QED) is 0.222. The van der Waals surface area contributed by atoms with E-state index in [0.717, 1.165) is 25.7 Å². The largest absolute Gasteiger partial charge is 0.411 e. The molecule has 3 nitrogen and oxygen atoms in total. The van der Waals surface area contributed by atoms with Crippen LogP contribution < -0.4 is 5.73 Å². The standard InChI is InChI=1S/C18H32N2O/c1-17(2,16-20-21)12-8-5-3-4-6-9-13-18(19)14-10-7-11-15-18/h5-6,8-9,16,21H,3-4,7,10-15,19H2,1-2H3. The SMILES string of the molecule is CC(C)(C=NO)CC=CCCC=CCC1(N)CCCCC1. The van der Waals surface area contributed by atoms with Crippen molar-refractivity contribution in [2.45, 2.75) is 77.2 Å². The molecule has 1 rings (SSSR count). The fourth-order valence-corrected chi connectivity index (χ4v) is 2.80. The lowest BCUT2D eigenvalue weighted by molar-refractivity contribution is 0.298. The third kappa shape index (κ3) is 8.05. The predicted octanol–water partition coefficient (Wildman–Crippen LogP) is 4.81. The molecule has 3 N–H and O–H groups in total. The van der Waals surface area contributed by atoms with Crippen LogP contribution in [0.2, 0.25) is 0 Å². The van der Waals surface area contributed by atoms with Gasteiger partial charge in [0.05, 0.1) is 0 Å². The number of nitrogens with zero attached hydrogens (tertiary/aromatic N) is 1. The Hall–Kier alpha value is -1.09. The number of allylic oxidation sites excluding steroid dienone is 3. The maximum Gasteiger partial charge on any atom is 0.0495 e. The molecule has 21 heavy (non-hydrogen) atoms. The molecule has 0 aromatic carbocycles. The number of hydrogen-bond acceptors (Lipinski definition) is 3. The van der Waals surface area contributed by atoms with Crippen molar-refractivity contribution in [3.05, 3.63) is 24.3 Å². The van der Waals surface area contributed by atoms with Gasteiger partial charge in [-0.25, -0.2) is 0 Å². The molecule has 0 radical (unpaired) electrons. The van der Waals surface area contributed by atoms with Crippen molar-refractivity contribution in [1.29, 1.82) is 0 Å². The van der Waals surface area contributed by atoms with Crippen LogP contribution in [0.25, 0.3) is 0 Å². The molecular formula is C18H32N2O. The van der Waals surface area contributed by atoms with Gasteiger partial charge in [-0.15, -0.1) is 5.16 Å². The lowest BCUT2D eigenvalue weighted by Crippen LogP contribution is -2.40. The third-order valence-electron chi connectivity index (χ3n) is 4.26. The van der Waals surface area contributed by atoms with Gasteiger partial charge in [-0.3, -0.25) is 0 Å². The molecule has 1 saturated carbocycles. The Bertz CT molecular complexity index is 363. The molecule has 120 valence electrons. The van der Waals surface area contributed by atoms with Crippen molar-refractivity contribution in [3.8, 4) is 0 Å². The Morgan fingerprint density at radius 2 is 1.67 bits per heavy atom. The molecule has 3 heteroatoms. The molecule has 0 unspecified atom stereocenters. The maximum atomic E-state index is 8.56. The first-order valence-electron chi connectivity index (χ1n) is 8.25. The lowest BCUT2D eigenvalue weighted by Gasteiger charge is -2.32. The van der Waals surface area contributed by atoms with E-state index in [2.05, 4.69) is 43.3 Å². The summed E-state index contributed by atoms with van der Waals surface area (Å²) in [5.74, 6) is 0. The van der Waals surface area contributed by atoms with Gasteiger partial charge in [0.25, 0.3) is 0 Å². The summed E-state index contributed by atoms with van der Waals surface area (Å²) in [6.45, 7) is 4.11. The maximum absolute atomic E-state index is 8.56. The molecule has 1 aliphatic carbocycles. The van der Waals surface area contributed by atoms with Crippen LogP contribution in [0.1, 0.15) is 71.6 Å². The summed E-state index contributed by atoms with van der Waals surface area (Å²) in [7, 11) is 0. The number of hydrogen-bond donors (Lipinski definition) is 2. The van der Waals surface area contributed by atoms with Crippen molar-refractivity contribution < 1.29 is 5.21 Å². The predicted molar refractivity (Wildman–Crippen MR) is 90.8 cm³/mol. The summed E-state index contributed by atoms with van der Waals surface area (Å²) in [4.78, 5) is 0. The minimum absolute atomic E-state index is 0.0677. The zero-order valence-electron chi connectivity index (χ0n) is 13.7. The number of oxime groups is 1. The second-order valence-corrected chi connectivity index (χ2v) is 7.08. The Kier molecular flexibility index (Phi) is 7.73. The molecule has 0 atom stereocenters. The zero-order valence-corrected chi connectivity index (χ0v) is 13.7. The first-order valence-corrected chi connectivity index (χ1v) is 8.25. The molecule has 0 bridgehead atoms. The highest BCUT2D eigenvalue weighted by Gasteiger charge is 2.25. The minimum atomic E-state index is -0.0754. The van der Waals surface area contributed by atoms with Crippen LogP contribution >= 0.6 is 0 Å². The molecule has 1 fully saturated rings. The molecule has 0 spiro atoms. The van der Waals surface area contributed by atoms with Gasteiger partial charge in [0.2, 0.25) is 0 Å². The summed E-state index contributed by atoms with van der Waals surface area (Å²) in [5, 5.41) is 11.7. The van der Waals surface area contributed by atoms with Crippen LogP contribution in [0.15, 0.2) is 29.5 Å². The summed E-state index contributed by atoms with van der Waals surface area (Å²) >= 11 is 0. The molecule has 0 saturated heterocycles. The number of unbranched alkanes of at least 4 members (excludes halogenated alkanes) is 1. The van der Waals surface area contributed by atoms with E-state index in [9.17, 15) is 0 Å². The molecule has 0 aromatic rings. The summed E-state index contributed by atoms with van der Waals surface area (Å²) in [6.07, 6.45) is 20.8. The smallest absolute Gasteiger partial charge is 0.0495 e. The van der Waals surface area contributed by atoms with Crippen LogP contribution in [0.5, 0.6) is 0 Å². The lowest BCUT2D eigenvalue weighted by atomic mass is 9.80. The normalized spacial score (nSPS) is 20.0. The fraction of sp³-hybridized carbons (Fsp3) is 0.722. The van der Waals surface area contributed by atoms with E-state index in [1.165, 1.54) is 32.1 Å². The topological polar surface area (TPSA) is 58.6 Å². The van der Waals surface area contributed by atoms with Crippen molar-refractivity contribution >= 4 is 6.21 Å². The first-order chi connectivity index (χ1) is 9.97. The van der Waals surface area contributed by atoms with Crippen LogP contribution in [-0.4, -0.2) is 17.0 Å². The Morgan fingerprint density at radius 1 is 1.05 bits per heavy atom. The van der Waals surface area contributed by atoms with E-state index < -0.39 is 0 Å². The molecule has 1 aliphatic rings. The molecule has 0 heterocycles. The molecule has 0 aromatic heterocycles. The van der Waals surface area contributed by atoms with Crippen LogP contribution in [-0.2, 0) is 0 Å². The van der Waals surface area contributed by atoms with Crippen LogP contribution in [0.3, 0.4) is 0 Å². The average Bonchev–Trinajstić information content (AvgIpc) is 2.42. The van der Waals surface area contributed by atoms with Gasteiger partial charge in [0.1, 0.15) is 0 Å². The number of rotatable bonds is 8. The summed E-state index contributed by atoms with van der Waals surface area (Å²) in [6, 6.07) is 0. The average molecular weight is 292 g/mol. The van der Waals surface area contributed by atoms with Gasteiger partial charge < -0.3 is 10.9 Å². The van der Waals surface area contributed by atoms with Gasteiger partial charge >= 0.3 is 0 Å². The monoisotopic (exact) mass is 292 g/mol. The molecule has 0 aliphatic heterocycles. The second-order valence-electron chi connectivity index (χ2n) is 7.08. The van der Waals surface area contributed by atoms with Gasteiger partial charge in [0, 0.05) is 17.2 Å². The molecular weight excluding hydrogens is 260 g/mol. The van der Waals surface area contributed by atoms with Crippen molar-refractivity contribution in [1.82, 2.24) is 0 Å². The summed E-state index contributed by atoms with van der Waals surface area (Å²) in [5.41, 5.74) is 6.39. The second kappa shape index (κ2) is 9.04. The highest BCUT2D eigenvalue weighted by molar-refractivity contribution is 5.64. The van der Waals surface area contributed by atoms with Gasteiger partial charge in [-0.05, 0) is 38.5 Å². The molecule has 0 amide bonds. The Balaban J connectivity index is 2.14. The van der Waals surface area contributed by atoms with E-state index in [-0.39, 0.29) is 11.0 Å². The highest BCUT2D eigenvalue weighted by Crippen LogP contribution is 2.28. The van der Waals surface area contributed by atoms with Gasteiger partial charge in [-0.1, -0.05) is 57.4 Å². The third-order valence-corrected chi connectivity index (χ3v) is 4.26. The van der Waals surface area contributed by atoms with Crippen molar-refractivity contribution in [2.24, 2.45) is 16.3 Å². The van der Waals surface area contributed by atoms with Gasteiger partial charge in [-0.2, -0.15) is 0 Å². The highest BCUT2D eigenvalue weighted by atomic mass is 16.4. The first kappa shape index (κ1) is 18.0. The van der Waals surface area contributed by atoms with E-state index in [1.54, 1.807) is 6.21 Å². The van der Waals surface area contributed by atoms with Gasteiger partial charge in [0.15, 0.2) is 0 Å². The Morgan fingerprint density at radius 3 is 2.29 bits per heavy atom. The van der Waals surface area contributed by atoms with Crippen molar-refractivity contribution in [2.75, 3.05) is 0 Å². The minimum Gasteiger partial charge on any atom is -0.411 e. The van der Waals surface area contributed by atoms with E-state index in [4.69, 9.17) is 10.9 Å². The van der Waals surface area contributed by atoms with E-state index >= 15 is 0 Å². The Labute approximate surface area is 130 Å². The van der Waals surface area contributed by atoms with Crippen LogP contribution in [0, 0.1) is 5.41 Å². The van der Waals surface area contributed by atoms with Crippen molar-refractivity contribution in [3.63, 3.8) is 0 Å². The van der Waals surface area contributed by atoms with E-state index in [1.807, 2.05) is 0 Å². The van der Waals surface area contributed by atoms with E-state index in [0.29, 0.717) is 0 Å². The van der Waals surface area contributed by atoms with Crippen LogP contribution in [0.4, 0.5) is 0 Å².